The second-order valence-corrected chi connectivity index (χ2v) is 6.40. The Hall–Kier alpha value is -2.15. The first-order valence-corrected chi connectivity index (χ1v) is 8.80. The van der Waals surface area contributed by atoms with Gasteiger partial charge < -0.3 is 15.4 Å². The average Bonchev–Trinajstić information content (AvgIpc) is 2.83. The third-order valence-corrected chi connectivity index (χ3v) is 4.37. The van der Waals surface area contributed by atoms with Crippen molar-refractivity contribution in [2.75, 3.05) is 17.7 Å². The van der Waals surface area contributed by atoms with Crippen LogP contribution in [0.3, 0.4) is 0 Å². The first-order chi connectivity index (χ1) is 12.1. The van der Waals surface area contributed by atoms with Gasteiger partial charge in [-0.1, -0.05) is 25.7 Å². The van der Waals surface area contributed by atoms with E-state index in [1.54, 1.807) is 6.07 Å². The zero-order chi connectivity index (χ0) is 17.6. The van der Waals surface area contributed by atoms with Crippen LogP contribution in [-0.2, 0) is 0 Å². The van der Waals surface area contributed by atoms with Gasteiger partial charge in [0.25, 0.3) is 0 Å². The van der Waals surface area contributed by atoms with E-state index in [-0.39, 0.29) is 17.0 Å². The summed E-state index contributed by atoms with van der Waals surface area (Å²) in [7, 11) is 1.42. The molecule has 0 amide bonds. The van der Waals surface area contributed by atoms with Crippen molar-refractivity contribution in [2.45, 2.75) is 44.6 Å². The van der Waals surface area contributed by atoms with E-state index >= 15 is 0 Å². The Balaban J connectivity index is 1.73. The van der Waals surface area contributed by atoms with Crippen LogP contribution in [0.4, 0.5) is 22.0 Å². The number of hydrogen-bond acceptors (Lipinski definition) is 6. The van der Waals surface area contributed by atoms with Crippen LogP contribution >= 0.6 is 11.6 Å². The molecule has 134 valence electrons. The highest BCUT2D eigenvalue weighted by Crippen LogP contribution is 2.24. The summed E-state index contributed by atoms with van der Waals surface area (Å²) in [6.07, 6.45) is 7.13. The topological polar surface area (TPSA) is 72.0 Å². The Morgan fingerprint density at radius 1 is 1.08 bits per heavy atom. The van der Waals surface area contributed by atoms with Gasteiger partial charge in [0, 0.05) is 17.8 Å². The fourth-order valence-corrected chi connectivity index (χ4v) is 3.11. The predicted octanol–water partition coefficient (Wildman–Crippen LogP) is 4.55. The largest absolute Gasteiger partial charge is 0.494 e. The van der Waals surface area contributed by atoms with Crippen LogP contribution < -0.4 is 15.4 Å². The van der Waals surface area contributed by atoms with Crippen molar-refractivity contribution < 1.29 is 9.13 Å². The van der Waals surface area contributed by atoms with Crippen LogP contribution in [0, 0.1) is 5.82 Å². The monoisotopic (exact) mass is 365 g/mol. The summed E-state index contributed by atoms with van der Waals surface area (Å²) >= 11 is 6.01. The Morgan fingerprint density at radius 3 is 2.48 bits per heavy atom. The van der Waals surface area contributed by atoms with E-state index in [0.29, 0.717) is 17.7 Å². The molecule has 8 heteroatoms. The number of anilines is 3. The van der Waals surface area contributed by atoms with Crippen molar-refractivity contribution in [3.05, 3.63) is 29.3 Å². The minimum absolute atomic E-state index is 0.0857. The summed E-state index contributed by atoms with van der Waals surface area (Å²) in [6, 6.07) is 4.87. The van der Waals surface area contributed by atoms with Crippen LogP contribution in [0.2, 0.25) is 5.28 Å². The molecular formula is C17H21ClFN5O. The van der Waals surface area contributed by atoms with Gasteiger partial charge in [0.15, 0.2) is 11.6 Å². The van der Waals surface area contributed by atoms with Crippen LogP contribution in [0.25, 0.3) is 0 Å². The zero-order valence-corrected chi connectivity index (χ0v) is 14.8. The summed E-state index contributed by atoms with van der Waals surface area (Å²) in [5.74, 6) is 0.406. The highest BCUT2D eigenvalue weighted by atomic mass is 35.5. The molecular weight excluding hydrogens is 345 g/mol. The van der Waals surface area contributed by atoms with Crippen molar-refractivity contribution in [2.24, 2.45) is 0 Å². The van der Waals surface area contributed by atoms with Gasteiger partial charge in [-0.05, 0) is 36.6 Å². The molecule has 0 atom stereocenters. The number of nitrogens with one attached hydrogen (secondary N) is 2. The number of rotatable bonds is 5. The molecule has 3 rings (SSSR count). The van der Waals surface area contributed by atoms with Crippen LogP contribution in [0.5, 0.6) is 5.75 Å². The number of aromatic nitrogens is 3. The summed E-state index contributed by atoms with van der Waals surface area (Å²) < 4.78 is 18.7. The first-order valence-electron chi connectivity index (χ1n) is 8.43. The summed E-state index contributed by atoms with van der Waals surface area (Å²) in [5, 5.41) is 6.37. The van der Waals surface area contributed by atoms with Gasteiger partial charge in [-0.25, -0.2) is 4.39 Å². The van der Waals surface area contributed by atoms with Gasteiger partial charge in [0.1, 0.15) is 0 Å². The number of halogens is 2. The molecule has 25 heavy (non-hydrogen) atoms. The van der Waals surface area contributed by atoms with Crippen molar-refractivity contribution in [1.82, 2.24) is 15.0 Å². The molecule has 0 bridgehead atoms. The van der Waals surface area contributed by atoms with E-state index in [9.17, 15) is 4.39 Å². The van der Waals surface area contributed by atoms with Gasteiger partial charge in [-0.2, -0.15) is 15.0 Å². The number of benzene rings is 1. The number of methoxy groups -OCH3 is 1. The quantitative estimate of drug-likeness (QED) is 0.757. The van der Waals surface area contributed by atoms with Gasteiger partial charge in [0.2, 0.25) is 17.2 Å². The molecule has 1 aromatic carbocycles. The van der Waals surface area contributed by atoms with E-state index in [2.05, 4.69) is 25.6 Å². The fraction of sp³-hybridized carbons (Fsp3) is 0.471. The number of hydrogen-bond donors (Lipinski definition) is 2. The van der Waals surface area contributed by atoms with Crippen molar-refractivity contribution in [3.63, 3.8) is 0 Å². The molecule has 0 unspecified atom stereocenters. The molecule has 1 aromatic heterocycles. The Kier molecular flexibility index (Phi) is 5.86. The van der Waals surface area contributed by atoms with Gasteiger partial charge in [-0.3, -0.25) is 0 Å². The average molecular weight is 366 g/mol. The maximum absolute atomic E-state index is 13.8. The lowest BCUT2D eigenvalue weighted by Crippen LogP contribution is -2.20. The highest BCUT2D eigenvalue weighted by Gasteiger charge is 2.14. The van der Waals surface area contributed by atoms with E-state index in [0.717, 1.165) is 12.8 Å². The van der Waals surface area contributed by atoms with E-state index < -0.39 is 5.82 Å². The Bertz CT molecular complexity index is 722. The minimum Gasteiger partial charge on any atom is -0.494 e. The molecule has 2 aromatic rings. The molecule has 1 aliphatic rings. The summed E-state index contributed by atoms with van der Waals surface area (Å²) in [6.45, 7) is 0. The van der Waals surface area contributed by atoms with E-state index in [1.807, 2.05) is 0 Å². The second kappa shape index (κ2) is 8.29. The maximum Gasteiger partial charge on any atom is 0.233 e. The van der Waals surface area contributed by atoms with Gasteiger partial charge in [0.05, 0.1) is 7.11 Å². The van der Waals surface area contributed by atoms with E-state index in [1.165, 1.54) is 44.9 Å². The molecule has 1 heterocycles. The minimum atomic E-state index is -0.468. The number of ether oxygens (including phenoxy) is 1. The summed E-state index contributed by atoms with van der Waals surface area (Å²) in [5.41, 5.74) is 0.501. The Morgan fingerprint density at radius 2 is 1.80 bits per heavy atom. The van der Waals surface area contributed by atoms with Crippen molar-refractivity contribution in [1.29, 1.82) is 0 Å². The molecule has 0 aliphatic heterocycles. The molecule has 0 radical (unpaired) electrons. The van der Waals surface area contributed by atoms with Crippen LogP contribution in [0.1, 0.15) is 38.5 Å². The van der Waals surface area contributed by atoms with Crippen molar-refractivity contribution >= 4 is 29.2 Å². The normalized spacial score (nSPS) is 15.5. The fourth-order valence-electron chi connectivity index (χ4n) is 2.95. The Labute approximate surface area is 151 Å². The summed E-state index contributed by atoms with van der Waals surface area (Å²) in [4.78, 5) is 12.5. The lowest BCUT2D eigenvalue weighted by atomic mass is 10.1. The molecule has 2 N–H and O–H groups in total. The van der Waals surface area contributed by atoms with Crippen LogP contribution in [0.15, 0.2) is 18.2 Å². The van der Waals surface area contributed by atoms with Crippen LogP contribution in [-0.4, -0.2) is 28.1 Å². The van der Waals surface area contributed by atoms with Crippen molar-refractivity contribution in [3.8, 4) is 5.75 Å². The van der Waals surface area contributed by atoms with E-state index in [4.69, 9.17) is 16.3 Å². The molecule has 1 saturated carbocycles. The second-order valence-electron chi connectivity index (χ2n) is 6.06. The molecule has 1 fully saturated rings. The predicted molar refractivity (Wildman–Crippen MR) is 96.2 cm³/mol. The lowest BCUT2D eigenvalue weighted by Gasteiger charge is -2.16. The third-order valence-electron chi connectivity index (χ3n) is 4.20. The molecule has 6 nitrogen and oxygen atoms in total. The SMILES string of the molecule is COc1ccc(Nc2nc(Cl)nc(NC3CCCCCC3)n2)cc1F. The molecule has 0 saturated heterocycles. The van der Waals surface area contributed by atoms with Gasteiger partial charge in [-0.15, -0.1) is 0 Å². The zero-order valence-electron chi connectivity index (χ0n) is 14.1. The van der Waals surface area contributed by atoms with Gasteiger partial charge >= 0.3 is 0 Å². The smallest absolute Gasteiger partial charge is 0.233 e. The third kappa shape index (κ3) is 4.92. The standard InChI is InChI=1S/C17H21ClFN5O/c1-25-14-9-8-12(10-13(14)19)21-17-23-15(18)22-16(24-17)20-11-6-4-2-3-5-7-11/h8-11H,2-7H2,1H3,(H2,20,21,22,23,24). The first kappa shape index (κ1) is 17.7. The maximum atomic E-state index is 13.8. The highest BCUT2D eigenvalue weighted by molar-refractivity contribution is 6.28. The number of nitrogens with zero attached hydrogens (tertiary/aromatic N) is 3. The molecule has 0 spiro atoms. The lowest BCUT2D eigenvalue weighted by molar-refractivity contribution is 0.386. The molecule has 1 aliphatic carbocycles.